The molecule has 2 aliphatic rings. The number of likely N-dealkylation sites (tertiary alicyclic amines) is 1. The van der Waals surface area contributed by atoms with Gasteiger partial charge in [0, 0.05) is 31.7 Å². The van der Waals surface area contributed by atoms with E-state index in [0.717, 1.165) is 32.6 Å². The molecule has 1 amide bonds. The number of ether oxygens (including phenoxy) is 6. The van der Waals surface area contributed by atoms with E-state index in [2.05, 4.69) is 22.6 Å². The number of rotatable bonds is 20. The van der Waals surface area contributed by atoms with E-state index < -0.39 is 0 Å². The number of carbonyl (C=O) groups is 1. The number of piperidine rings is 1. The zero-order valence-electron chi connectivity index (χ0n) is 24.0. The summed E-state index contributed by atoms with van der Waals surface area (Å²) in [5.41, 5.74) is 0.636. The summed E-state index contributed by atoms with van der Waals surface area (Å²) >= 11 is 0. The Morgan fingerprint density at radius 2 is 1.62 bits per heavy atom. The summed E-state index contributed by atoms with van der Waals surface area (Å²) in [7, 11) is 2.13. The van der Waals surface area contributed by atoms with E-state index in [9.17, 15) is 9.18 Å². The van der Waals surface area contributed by atoms with E-state index in [-0.39, 0.29) is 18.5 Å². The fraction of sp³-hybridized carbons (Fsp3) is 0.690. The van der Waals surface area contributed by atoms with Crippen LogP contribution in [0.4, 0.5) is 4.39 Å². The Morgan fingerprint density at radius 1 is 0.975 bits per heavy atom. The van der Waals surface area contributed by atoms with E-state index in [4.69, 9.17) is 28.4 Å². The van der Waals surface area contributed by atoms with Gasteiger partial charge in [0.2, 0.25) is 12.7 Å². The quantitative estimate of drug-likeness (QED) is 0.181. The molecular weight excluding hydrogens is 521 g/mol. The van der Waals surface area contributed by atoms with E-state index in [1.54, 1.807) is 19.1 Å². The summed E-state index contributed by atoms with van der Waals surface area (Å²) in [5.74, 6) is 1.74. The molecule has 40 heavy (non-hydrogen) atoms. The number of amides is 1. The van der Waals surface area contributed by atoms with Gasteiger partial charge in [-0.2, -0.15) is 0 Å². The van der Waals surface area contributed by atoms with Gasteiger partial charge in [0.1, 0.15) is 5.82 Å². The highest BCUT2D eigenvalue weighted by Gasteiger charge is 2.29. The maximum Gasteiger partial charge on any atom is 0.243 e. The Kier molecular flexibility index (Phi) is 15.3. The van der Waals surface area contributed by atoms with Crippen LogP contribution < -0.4 is 20.1 Å². The van der Waals surface area contributed by atoms with Crippen molar-refractivity contribution in [2.45, 2.75) is 19.8 Å². The first-order chi connectivity index (χ1) is 19.6. The number of carbonyl (C=O) groups excluding carboxylic acids is 1. The van der Waals surface area contributed by atoms with Crippen LogP contribution in [0, 0.1) is 17.7 Å². The van der Waals surface area contributed by atoms with Crippen molar-refractivity contribution >= 4 is 5.91 Å². The second kappa shape index (κ2) is 19.0. The molecule has 1 aromatic rings. The second-order valence-electron chi connectivity index (χ2n) is 10.1. The maximum absolute atomic E-state index is 14.5. The fourth-order valence-corrected chi connectivity index (χ4v) is 5.03. The van der Waals surface area contributed by atoms with E-state index in [0.29, 0.717) is 94.7 Å². The van der Waals surface area contributed by atoms with Crippen LogP contribution >= 0.6 is 0 Å². The molecule has 2 atom stereocenters. The van der Waals surface area contributed by atoms with Crippen LogP contribution in [0.5, 0.6) is 11.5 Å². The molecule has 11 heteroatoms. The predicted octanol–water partition coefficient (Wildman–Crippen LogP) is 2.01. The molecule has 1 aromatic carbocycles. The standard InChI is InChI=1S/C29H46FN3O7/c1-3-4-28(34)32-8-10-36-12-14-38-16-15-37-13-11-35-9-7-31-19-24-17-23(20-33(2)21-24)18-25-26(30)5-6-27-29(25)40-22-39-27/h3-6,23-24,31H,7-22H2,1-2H3,(H,32,34)/b4-3+/t23-,24+/m0/s1. The Hall–Kier alpha value is -2.28. The molecule has 2 aliphatic heterocycles. The molecule has 2 N–H and O–H groups in total. The molecule has 0 spiro atoms. The van der Waals surface area contributed by atoms with Crippen LogP contribution in [0.15, 0.2) is 24.3 Å². The van der Waals surface area contributed by atoms with Crippen molar-refractivity contribution in [2.24, 2.45) is 11.8 Å². The van der Waals surface area contributed by atoms with Crippen molar-refractivity contribution in [3.05, 3.63) is 35.7 Å². The topological polar surface area (TPSA) is 99.8 Å². The van der Waals surface area contributed by atoms with Crippen molar-refractivity contribution in [1.82, 2.24) is 15.5 Å². The van der Waals surface area contributed by atoms with E-state index in [1.165, 1.54) is 12.1 Å². The Bertz CT molecular complexity index is 905. The largest absolute Gasteiger partial charge is 0.454 e. The van der Waals surface area contributed by atoms with E-state index in [1.807, 2.05) is 0 Å². The normalized spacial score (nSPS) is 19.0. The number of hydrogen-bond donors (Lipinski definition) is 2. The first kappa shape index (κ1) is 32.2. The van der Waals surface area contributed by atoms with Gasteiger partial charge in [-0.1, -0.05) is 6.08 Å². The van der Waals surface area contributed by atoms with Crippen molar-refractivity contribution in [3.8, 4) is 11.5 Å². The number of benzene rings is 1. The first-order valence-corrected chi connectivity index (χ1v) is 14.2. The third kappa shape index (κ3) is 12.1. The molecule has 0 radical (unpaired) electrons. The minimum absolute atomic E-state index is 0.116. The van der Waals surface area contributed by atoms with Crippen molar-refractivity contribution in [2.75, 3.05) is 99.4 Å². The van der Waals surface area contributed by atoms with Gasteiger partial charge in [-0.15, -0.1) is 0 Å². The molecule has 0 aliphatic carbocycles. The highest BCUT2D eigenvalue weighted by molar-refractivity contribution is 5.87. The lowest BCUT2D eigenvalue weighted by Crippen LogP contribution is -2.42. The molecule has 1 saturated heterocycles. The van der Waals surface area contributed by atoms with Crippen molar-refractivity contribution in [3.63, 3.8) is 0 Å². The van der Waals surface area contributed by atoms with Gasteiger partial charge in [0.05, 0.1) is 52.9 Å². The number of halogens is 1. The zero-order chi connectivity index (χ0) is 28.4. The lowest BCUT2D eigenvalue weighted by molar-refractivity contribution is -0.116. The molecule has 3 rings (SSSR count). The first-order valence-electron chi connectivity index (χ1n) is 14.2. The minimum Gasteiger partial charge on any atom is -0.454 e. The van der Waals surface area contributed by atoms with Crippen LogP contribution in [0.2, 0.25) is 0 Å². The summed E-state index contributed by atoms with van der Waals surface area (Å²) in [6.45, 7) is 10.2. The van der Waals surface area contributed by atoms with Gasteiger partial charge in [-0.3, -0.25) is 4.79 Å². The number of allylic oxidation sites excluding steroid dienone is 1. The van der Waals surface area contributed by atoms with E-state index >= 15 is 0 Å². The van der Waals surface area contributed by atoms with Gasteiger partial charge in [0.25, 0.3) is 0 Å². The van der Waals surface area contributed by atoms with Crippen LogP contribution in [0.1, 0.15) is 18.9 Å². The zero-order valence-corrected chi connectivity index (χ0v) is 24.0. The second-order valence-corrected chi connectivity index (χ2v) is 10.1. The lowest BCUT2D eigenvalue weighted by atomic mass is 9.85. The molecule has 0 unspecified atom stereocenters. The van der Waals surface area contributed by atoms with Crippen LogP contribution in [0.25, 0.3) is 0 Å². The SMILES string of the molecule is C/C=C/C(=O)NCCOCCOCCOCCOCCNC[C@H]1C[C@@H](Cc2c(F)ccc3c2OCO3)CN(C)C1. The summed E-state index contributed by atoms with van der Waals surface area (Å²) in [6.07, 6.45) is 4.87. The fourth-order valence-electron chi connectivity index (χ4n) is 5.03. The summed E-state index contributed by atoms with van der Waals surface area (Å²) in [5, 5.41) is 6.22. The van der Waals surface area contributed by atoms with Crippen molar-refractivity contribution in [1.29, 1.82) is 0 Å². The van der Waals surface area contributed by atoms with Crippen LogP contribution in [-0.4, -0.2) is 110 Å². The summed E-state index contributed by atoms with van der Waals surface area (Å²) in [4.78, 5) is 13.6. The summed E-state index contributed by atoms with van der Waals surface area (Å²) in [6, 6.07) is 3.12. The smallest absolute Gasteiger partial charge is 0.243 e. The molecule has 10 nitrogen and oxygen atoms in total. The van der Waals surface area contributed by atoms with Gasteiger partial charge in [-0.25, -0.2) is 4.39 Å². The minimum atomic E-state index is -0.217. The Morgan fingerprint density at radius 3 is 2.33 bits per heavy atom. The van der Waals surface area contributed by atoms with Gasteiger partial charge in [0.15, 0.2) is 11.5 Å². The molecule has 0 aromatic heterocycles. The number of nitrogens with zero attached hydrogens (tertiary/aromatic N) is 1. The van der Waals surface area contributed by atoms with Crippen molar-refractivity contribution < 1.29 is 37.6 Å². The highest BCUT2D eigenvalue weighted by Crippen LogP contribution is 2.39. The average molecular weight is 568 g/mol. The van der Waals surface area contributed by atoms with Gasteiger partial charge < -0.3 is 44.0 Å². The monoisotopic (exact) mass is 567 g/mol. The third-order valence-electron chi connectivity index (χ3n) is 6.72. The average Bonchev–Trinajstić information content (AvgIpc) is 3.41. The molecule has 2 heterocycles. The van der Waals surface area contributed by atoms with Crippen LogP contribution in [0.3, 0.4) is 0 Å². The Balaban J connectivity index is 1.13. The number of hydrogen-bond acceptors (Lipinski definition) is 9. The number of fused-ring (bicyclic) bond motifs is 1. The Labute approximate surface area is 237 Å². The maximum atomic E-state index is 14.5. The molecule has 1 fully saturated rings. The highest BCUT2D eigenvalue weighted by atomic mass is 19.1. The third-order valence-corrected chi connectivity index (χ3v) is 6.72. The molecule has 0 bridgehead atoms. The van der Waals surface area contributed by atoms with Gasteiger partial charge in [-0.05, 0) is 63.4 Å². The summed E-state index contributed by atoms with van der Waals surface area (Å²) < 4.78 is 47.5. The molecule has 226 valence electrons. The number of nitrogens with one attached hydrogen (secondary N) is 2. The van der Waals surface area contributed by atoms with Gasteiger partial charge >= 0.3 is 0 Å². The molecule has 0 saturated carbocycles. The predicted molar refractivity (Wildman–Crippen MR) is 149 cm³/mol. The lowest BCUT2D eigenvalue weighted by Gasteiger charge is -2.36. The van der Waals surface area contributed by atoms with Crippen LogP contribution in [-0.2, 0) is 30.2 Å². The molecular formula is C29H46FN3O7.